The Morgan fingerprint density at radius 2 is 2.10 bits per heavy atom. The fourth-order valence-corrected chi connectivity index (χ4v) is 2.32. The first-order valence-corrected chi connectivity index (χ1v) is 6.41. The van der Waals surface area contributed by atoms with Crippen LogP contribution in [-0.2, 0) is 4.79 Å². The summed E-state index contributed by atoms with van der Waals surface area (Å²) in [6.07, 6.45) is 1.49. The van der Waals surface area contributed by atoms with Crippen molar-refractivity contribution in [3.05, 3.63) is 56.2 Å². The summed E-state index contributed by atoms with van der Waals surface area (Å²) in [5.41, 5.74) is 1.83. The van der Waals surface area contributed by atoms with E-state index < -0.39 is 4.92 Å². The Balaban J connectivity index is 2.05. The molecule has 1 aliphatic rings. The van der Waals surface area contributed by atoms with Crippen molar-refractivity contribution >= 4 is 45.1 Å². The van der Waals surface area contributed by atoms with E-state index in [-0.39, 0.29) is 17.6 Å². The van der Waals surface area contributed by atoms with E-state index in [9.17, 15) is 14.9 Å². The van der Waals surface area contributed by atoms with Crippen LogP contribution in [0.2, 0.25) is 0 Å². The summed E-state index contributed by atoms with van der Waals surface area (Å²) in [6.45, 7) is 0. The molecule has 0 spiro atoms. The lowest BCUT2D eigenvalue weighted by Gasteiger charge is -1.98. The van der Waals surface area contributed by atoms with E-state index in [2.05, 4.69) is 21.2 Å². The van der Waals surface area contributed by atoms with Crippen molar-refractivity contribution in [2.24, 2.45) is 0 Å². The van der Waals surface area contributed by atoms with Gasteiger partial charge in [-0.1, -0.05) is 15.9 Å². The van der Waals surface area contributed by atoms with Gasteiger partial charge in [0.25, 0.3) is 5.91 Å². The van der Waals surface area contributed by atoms with Crippen LogP contribution in [0.1, 0.15) is 11.3 Å². The maximum absolute atomic E-state index is 11.9. The lowest BCUT2D eigenvalue weighted by molar-refractivity contribution is -0.402. The van der Waals surface area contributed by atoms with Crippen molar-refractivity contribution in [1.82, 2.24) is 0 Å². The van der Waals surface area contributed by atoms with E-state index in [1.54, 1.807) is 12.1 Å². The number of halogens is 1. The third-order valence-electron chi connectivity index (χ3n) is 2.84. The first-order valence-electron chi connectivity index (χ1n) is 5.62. The van der Waals surface area contributed by atoms with Gasteiger partial charge in [0.15, 0.2) is 0 Å². The van der Waals surface area contributed by atoms with Crippen molar-refractivity contribution < 1.29 is 14.1 Å². The average Bonchev–Trinajstić information content (AvgIpc) is 2.97. The topological polar surface area (TPSA) is 85.4 Å². The Bertz CT molecular complexity index is 763. The molecule has 1 aromatic heterocycles. The zero-order valence-electron chi connectivity index (χ0n) is 9.92. The third-order valence-corrected chi connectivity index (χ3v) is 3.34. The molecule has 0 saturated heterocycles. The molecule has 3 rings (SSSR count). The van der Waals surface area contributed by atoms with Crippen molar-refractivity contribution in [3.63, 3.8) is 0 Å². The Labute approximate surface area is 121 Å². The number of furan rings is 1. The normalized spacial score (nSPS) is 15.2. The van der Waals surface area contributed by atoms with Gasteiger partial charge in [-0.05, 0) is 30.3 Å². The molecule has 7 heteroatoms. The number of anilines is 1. The highest BCUT2D eigenvalue weighted by atomic mass is 79.9. The van der Waals surface area contributed by atoms with Gasteiger partial charge < -0.3 is 9.73 Å². The van der Waals surface area contributed by atoms with E-state index in [0.717, 1.165) is 10.0 Å². The fourth-order valence-electron chi connectivity index (χ4n) is 1.96. The van der Waals surface area contributed by atoms with E-state index in [4.69, 9.17) is 4.42 Å². The zero-order valence-corrected chi connectivity index (χ0v) is 11.5. The molecule has 1 aliphatic heterocycles. The standard InChI is InChI=1S/C13H7BrN2O4/c14-7-1-3-11-9(5-7)10(13(17)15-11)6-8-2-4-12(20-8)16(18)19/h1-6H,(H,15,17)/b10-6-. The number of rotatable bonds is 2. The lowest BCUT2D eigenvalue weighted by atomic mass is 10.1. The lowest BCUT2D eigenvalue weighted by Crippen LogP contribution is -2.03. The number of nitro groups is 1. The van der Waals surface area contributed by atoms with Crippen molar-refractivity contribution in [2.75, 3.05) is 5.32 Å². The minimum atomic E-state index is -0.624. The number of fused-ring (bicyclic) bond motifs is 1. The van der Waals surface area contributed by atoms with Gasteiger partial charge in [0.05, 0.1) is 11.6 Å². The van der Waals surface area contributed by atoms with Crippen LogP contribution in [0.4, 0.5) is 11.6 Å². The quantitative estimate of drug-likeness (QED) is 0.517. The molecule has 6 nitrogen and oxygen atoms in total. The molecule has 0 fully saturated rings. The second kappa shape index (κ2) is 4.61. The Morgan fingerprint density at radius 3 is 2.80 bits per heavy atom. The highest BCUT2D eigenvalue weighted by molar-refractivity contribution is 9.10. The molecular formula is C13H7BrN2O4. The number of carbonyl (C=O) groups excluding carboxylic acids is 1. The summed E-state index contributed by atoms with van der Waals surface area (Å²) < 4.78 is 5.87. The number of nitrogens with one attached hydrogen (secondary N) is 1. The van der Waals surface area contributed by atoms with E-state index in [0.29, 0.717) is 11.3 Å². The molecule has 0 saturated carbocycles. The molecule has 1 N–H and O–H groups in total. The summed E-state index contributed by atoms with van der Waals surface area (Å²) >= 11 is 3.34. The van der Waals surface area contributed by atoms with E-state index in [1.165, 1.54) is 18.2 Å². The summed E-state index contributed by atoms with van der Waals surface area (Å²) in [5.74, 6) is -0.364. The molecule has 1 aromatic carbocycles. The number of nitrogens with zero attached hydrogens (tertiary/aromatic N) is 1. The molecule has 2 heterocycles. The predicted octanol–water partition coefficient (Wildman–Crippen LogP) is 3.44. The Hall–Kier alpha value is -2.41. The summed E-state index contributed by atoms with van der Waals surface area (Å²) in [4.78, 5) is 21.9. The maximum Gasteiger partial charge on any atom is 0.433 e. The number of benzene rings is 1. The second-order valence-corrected chi connectivity index (χ2v) is 5.05. The SMILES string of the molecule is O=C1Nc2ccc(Br)cc2/C1=C/c1ccc([N+](=O)[O-])o1. The molecule has 20 heavy (non-hydrogen) atoms. The van der Waals surface area contributed by atoms with Gasteiger partial charge in [0, 0.05) is 15.7 Å². The molecular weight excluding hydrogens is 328 g/mol. The second-order valence-electron chi connectivity index (χ2n) is 4.14. The van der Waals surface area contributed by atoms with Crippen molar-refractivity contribution in [3.8, 4) is 0 Å². The highest BCUT2D eigenvalue weighted by Crippen LogP contribution is 2.35. The number of hydrogen-bond acceptors (Lipinski definition) is 4. The zero-order chi connectivity index (χ0) is 14.3. The minimum Gasteiger partial charge on any atom is -0.401 e. The van der Waals surface area contributed by atoms with Gasteiger partial charge in [-0.3, -0.25) is 14.9 Å². The average molecular weight is 335 g/mol. The summed E-state index contributed by atoms with van der Waals surface area (Å²) in [5, 5.41) is 13.3. The molecule has 100 valence electrons. The number of amides is 1. The number of hydrogen-bond donors (Lipinski definition) is 1. The summed E-state index contributed by atoms with van der Waals surface area (Å²) in [7, 11) is 0. The van der Waals surface area contributed by atoms with Gasteiger partial charge in [-0.2, -0.15) is 0 Å². The number of carbonyl (C=O) groups is 1. The van der Waals surface area contributed by atoms with Gasteiger partial charge in [0.1, 0.15) is 10.7 Å². The highest BCUT2D eigenvalue weighted by Gasteiger charge is 2.25. The predicted molar refractivity (Wildman–Crippen MR) is 76.0 cm³/mol. The first kappa shape index (κ1) is 12.6. The minimum absolute atomic E-state index is 0.259. The summed E-state index contributed by atoms with van der Waals surface area (Å²) in [6, 6.07) is 8.11. The van der Waals surface area contributed by atoms with E-state index >= 15 is 0 Å². The van der Waals surface area contributed by atoms with Crippen molar-refractivity contribution in [1.29, 1.82) is 0 Å². The fraction of sp³-hybridized carbons (Fsp3) is 0. The molecule has 0 unspecified atom stereocenters. The van der Waals surface area contributed by atoms with Crippen LogP contribution in [0.3, 0.4) is 0 Å². The van der Waals surface area contributed by atoms with Gasteiger partial charge in [-0.15, -0.1) is 0 Å². The van der Waals surface area contributed by atoms with Crippen LogP contribution < -0.4 is 5.32 Å². The van der Waals surface area contributed by atoms with Gasteiger partial charge in [0.2, 0.25) is 0 Å². The largest absolute Gasteiger partial charge is 0.433 e. The maximum atomic E-state index is 11.9. The smallest absolute Gasteiger partial charge is 0.401 e. The third kappa shape index (κ3) is 2.12. The van der Waals surface area contributed by atoms with Crippen LogP contribution in [0.15, 0.2) is 39.2 Å². The van der Waals surface area contributed by atoms with Crippen LogP contribution in [0, 0.1) is 10.1 Å². The molecule has 1 amide bonds. The van der Waals surface area contributed by atoms with Crippen LogP contribution in [-0.4, -0.2) is 10.8 Å². The first-order chi connectivity index (χ1) is 9.54. The molecule has 0 radical (unpaired) electrons. The molecule has 0 atom stereocenters. The molecule has 0 aliphatic carbocycles. The van der Waals surface area contributed by atoms with E-state index in [1.807, 2.05) is 6.07 Å². The van der Waals surface area contributed by atoms with Crippen LogP contribution in [0.25, 0.3) is 11.6 Å². The monoisotopic (exact) mass is 334 g/mol. The van der Waals surface area contributed by atoms with Gasteiger partial charge in [-0.25, -0.2) is 0 Å². The van der Waals surface area contributed by atoms with Crippen LogP contribution in [0.5, 0.6) is 0 Å². The van der Waals surface area contributed by atoms with Crippen LogP contribution >= 0.6 is 15.9 Å². The van der Waals surface area contributed by atoms with Gasteiger partial charge >= 0.3 is 5.88 Å². The molecule has 0 bridgehead atoms. The Kier molecular flexibility index (Phi) is 2.90. The molecule has 2 aromatic rings. The Morgan fingerprint density at radius 1 is 1.30 bits per heavy atom. The van der Waals surface area contributed by atoms with Crippen molar-refractivity contribution in [2.45, 2.75) is 0 Å².